The summed E-state index contributed by atoms with van der Waals surface area (Å²) in [5.41, 5.74) is 2.07. The first-order valence-corrected chi connectivity index (χ1v) is 9.43. The zero-order chi connectivity index (χ0) is 19.8. The van der Waals surface area contributed by atoms with Crippen molar-refractivity contribution in [3.63, 3.8) is 0 Å². The highest BCUT2D eigenvalue weighted by Crippen LogP contribution is 2.17. The summed E-state index contributed by atoms with van der Waals surface area (Å²) in [6, 6.07) is 16.4. The standard InChI is InChI=1S/C22H25FN4O/c1-3-24-22(26-14-16(2)28-21-11-7-5-9-19(21)23)27-15-17-12-13-25-20-10-6-4-8-18(17)20/h4-13,16H,3,14-15H2,1-2H3,(H2,24,26,27). The Kier molecular flexibility index (Phi) is 6.78. The van der Waals surface area contributed by atoms with Crippen LogP contribution < -0.4 is 15.4 Å². The Balaban J connectivity index is 1.63. The van der Waals surface area contributed by atoms with Crippen molar-refractivity contribution >= 4 is 16.9 Å². The van der Waals surface area contributed by atoms with Gasteiger partial charge in [0.1, 0.15) is 6.10 Å². The Morgan fingerprint density at radius 2 is 1.89 bits per heavy atom. The normalized spacial score (nSPS) is 12.6. The van der Waals surface area contributed by atoms with E-state index in [1.807, 2.05) is 38.1 Å². The number of hydrogen-bond donors (Lipinski definition) is 2. The van der Waals surface area contributed by atoms with Crippen molar-refractivity contribution in [2.24, 2.45) is 4.99 Å². The summed E-state index contributed by atoms with van der Waals surface area (Å²) in [6.45, 7) is 5.67. The summed E-state index contributed by atoms with van der Waals surface area (Å²) in [6.07, 6.45) is 1.58. The molecule has 2 N–H and O–H groups in total. The number of nitrogens with zero attached hydrogens (tertiary/aromatic N) is 2. The van der Waals surface area contributed by atoms with E-state index in [1.165, 1.54) is 6.07 Å². The maximum Gasteiger partial charge on any atom is 0.191 e. The van der Waals surface area contributed by atoms with Gasteiger partial charge in [-0.05, 0) is 43.7 Å². The number of aliphatic imine (C=N–C) groups is 1. The van der Waals surface area contributed by atoms with Crippen LogP contribution in [0.25, 0.3) is 10.9 Å². The lowest BCUT2D eigenvalue weighted by molar-refractivity contribution is 0.214. The van der Waals surface area contributed by atoms with Crippen LogP contribution in [0.4, 0.5) is 4.39 Å². The first-order chi connectivity index (χ1) is 13.7. The van der Waals surface area contributed by atoms with E-state index in [0.717, 1.165) is 23.0 Å². The van der Waals surface area contributed by atoms with Gasteiger partial charge in [0.25, 0.3) is 0 Å². The molecule has 0 aliphatic carbocycles. The van der Waals surface area contributed by atoms with Crippen LogP contribution in [0.1, 0.15) is 19.4 Å². The molecule has 28 heavy (non-hydrogen) atoms. The zero-order valence-electron chi connectivity index (χ0n) is 16.2. The highest BCUT2D eigenvalue weighted by Gasteiger charge is 2.09. The molecule has 1 aromatic heterocycles. The van der Waals surface area contributed by atoms with Crippen molar-refractivity contribution in [3.8, 4) is 5.75 Å². The molecule has 0 aliphatic heterocycles. The number of pyridine rings is 1. The molecule has 146 valence electrons. The van der Waals surface area contributed by atoms with E-state index in [0.29, 0.717) is 19.0 Å². The summed E-state index contributed by atoms with van der Waals surface area (Å²) in [4.78, 5) is 9.05. The van der Waals surface area contributed by atoms with Gasteiger partial charge in [-0.15, -0.1) is 0 Å². The lowest BCUT2D eigenvalue weighted by atomic mass is 10.1. The van der Waals surface area contributed by atoms with Gasteiger partial charge in [0.15, 0.2) is 17.5 Å². The van der Waals surface area contributed by atoms with E-state index in [4.69, 9.17) is 4.74 Å². The Morgan fingerprint density at radius 3 is 2.71 bits per heavy atom. The predicted octanol–water partition coefficient (Wildman–Crippen LogP) is 3.90. The number of aromatic nitrogens is 1. The highest BCUT2D eigenvalue weighted by atomic mass is 19.1. The lowest BCUT2D eigenvalue weighted by Gasteiger charge is -2.18. The van der Waals surface area contributed by atoms with Crippen LogP contribution in [0, 0.1) is 5.82 Å². The predicted molar refractivity (Wildman–Crippen MR) is 111 cm³/mol. The monoisotopic (exact) mass is 380 g/mol. The molecule has 1 heterocycles. The topological polar surface area (TPSA) is 58.5 Å². The minimum atomic E-state index is -0.362. The molecule has 0 aliphatic rings. The van der Waals surface area contributed by atoms with Crippen LogP contribution in [-0.2, 0) is 6.54 Å². The smallest absolute Gasteiger partial charge is 0.191 e. The Bertz CT molecular complexity index is 939. The lowest BCUT2D eigenvalue weighted by Crippen LogP contribution is -2.41. The fourth-order valence-corrected chi connectivity index (χ4v) is 2.84. The second kappa shape index (κ2) is 9.69. The number of halogens is 1. The molecule has 5 nitrogen and oxygen atoms in total. The van der Waals surface area contributed by atoms with Crippen molar-refractivity contribution in [1.29, 1.82) is 0 Å². The molecule has 3 rings (SSSR count). The van der Waals surface area contributed by atoms with Crippen LogP contribution in [0.15, 0.2) is 65.8 Å². The average Bonchev–Trinajstić information content (AvgIpc) is 2.72. The number of ether oxygens (including phenoxy) is 1. The average molecular weight is 380 g/mol. The van der Waals surface area contributed by atoms with Gasteiger partial charge >= 0.3 is 0 Å². The second-order valence-electron chi connectivity index (χ2n) is 6.42. The van der Waals surface area contributed by atoms with Crippen molar-refractivity contribution in [3.05, 3.63) is 72.2 Å². The molecule has 0 spiro atoms. The minimum absolute atomic E-state index is 0.220. The van der Waals surface area contributed by atoms with E-state index in [9.17, 15) is 4.39 Å². The fourth-order valence-electron chi connectivity index (χ4n) is 2.84. The number of hydrogen-bond acceptors (Lipinski definition) is 3. The van der Waals surface area contributed by atoms with Crippen LogP contribution in [0.2, 0.25) is 0 Å². The van der Waals surface area contributed by atoms with Gasteiger partial charge in [0.2, 0.25) is 0 Å². The molecule has 0 saturated carbocycles. The maximum absolute atomic E-state index is 13.7. The van der Waals surface area contributed by atoms with E-state index >= 15 is 0 Å². The van der Waals surface area contributed by atoms with Crippen molar-refractivity contribution < 1.29 is 9.13 Å². The zero-order valence-corrected chi connectivity index (χ0v) is 16.2. The number of fused-ring (bicyclic) bond motifs is 1. The number of para-hydroxylation sites is 2. The van der Waals surface area contributed by atoms with Crippen LogP contribution in [-0.4, -0.2) is 30.1 Å². The second-order valence-corrected chi connectivity index (χ2v) is 6.42. The molecular weight excluding hydrogens is 355 g/mol. The van der Waals surface area contributed by atoms with Crippen molar-refractivity contribution in [2.75, 3.05) is 13.1 Å². The summed E-state index contributed by atoms with van der Waals surface area (Å²) < 4.78 is 19.4. The molecule has 1 atom stereocenters. The molecule has 0 radical (unpaired) electrons. The van der Waals surface area contributed by atoms with Crippen LogP contribution in [0.5, 0.6) is 5.75 Å². The molecule has 0 fully saturated rings. The number of nitrogens with one attached hydrogen (secondary N) is 2. The fraction of sp³-hybridized carbons (Fsp3) is 0.273. The summed E-state index contributed by atoms with van der Waals surface area (Å²) in [5.74, 6) is 0.578. The van der Waals surface area contributed by atoms with Gasteiger partial charge in [-0.25, -0.2) is 9.38 Å². The summed E-state index contributed by atoms with van der Waals surface area (Å²) >= 11 is 0. The van der Waals surface area contributed by atoms with Crippen molar-refractivity contribution in [2.45, 2.75) is 26.5 Å². The molecule has 2 aromatic carbocycles. The molecule has 0 saturated heterocycles. The number of guanidine groups is 1. The largest absolute Gasteiger partial charge is 0.486 e. The SMILES string of the molecule is CCNC(=NCc1ccnc2ccccc12)NCC(C)Oc1ccccc1F. The molecule has 6 heteroatoms. The van der Waals surface area contributed by atoms with Gasteiger partial charge in [-0.1, -0.05) is 30.3 Å². The Hall–Kier alpha value is -3.15. The Labute approximate surface area is 164 Å². The third-order valence-electron chi connectivity index (χ3n) is 4.21. The van der Waals surface area contributed by atoms with Gasteiger partial charge < -0.3 is 15.4 Å². The van der Waals surface area contributed by atoms with E-state index in [-0.39, 0.29) is 17.7 Å². The summed E-state index contributed by atoms with van der Waals surface area (Å²) in [7, 11) is 0. The van der Waals surface area contributed by atoms with Crippen LogP contribution in [0.3, 0.4) is 0 Å². The molecule has 0 amide bonds. The summed E-state index contributed by atoms with van der Waals surface area (Å²) in [5, 5.41) is 7.58. The third kappa shape index (κ3) is 5.19. The van der Waals surface area contributed by atoms with E-state index in [1.54, 1.807) is 24.4 Å². The van der Waals surface area contributed by atoms with Gasteiger partial charge in [0, 0.05) is 18.1 Å². The van der Waals surface area contributed by atoms with Gasteiger partial charge in [-0.3, -0.25) is 4.98 Å². The van der Waals surface area contributed by atoms with Gasteiger partial charge in [0.05, 0.1) is 18.6 Å². The first kappa shape index (κ1) is 19.6. The molecule has 3 aromatic rings. The quantitative estimate of drug-likeness (QED) is 0.482. The minimum Gasteiger partial charge on any atom is -0.486 e. The van der Waals surface area contributed by atoms with Crippen LogP contribution >= 0.6 is 0 Å². The van der Waals surface area contributed by atoms with Gasteiger partial charge in [-0.2, -0.15) is 0 Å². The Morgan fingerprint density at radius 1 is 1.11 bits per heavy atom. The maximum atomic E-state index is 13.7. The molecule has 1 unspecified atom stereocenters. The third-order valence-corrected chi connectivity index (χ3v) is 4.21. The van der Waals surface area contributed by atoms with E-state index in [2.05, 4.69) is 26.7 Å². The number of rotatable bonds is 7. The number of benzene rings is 2. The van der Waals surface area contributed by atoms with E-state index < -0.39 is 0 Å². The molecular formula is C22H25FN4O. The van der Waals surface area contributed by atoms with Crippen molar-refractivity contribution in [1.82, 2.24) is 15.6 Å². The molecule has 0 bridgehead atoms. The first-order valence-electron chi connectivity index (χ1n) is 9.43. The highest BCUT2D eigenvalue weighted by molar-refractivity contribution is 5.83.